The van der Waals surface area contributed by atoms with Crippen LogP contribution in [0.3, 0.4) is 0 Å². The van der Waals surface area contributed by atoms with Crippen molar-refractivity contribution in [3.8, 4) is 11.8 Å². The van der Waals surface area contributed by atoms with Crippen molar-refractivity contribution in [2.75, 3.05) is 0 Å². The van der Waals surface area contributed by atoms with Crippen LogP contribution in [-0.2, 0) is 6.42 Å². The van der Waals surface area contributed by atoms with Gasteiger partial charge in [-0.05, 0) is 48.9 Å². The molecule has 1 heteroatoms. The minimum absolute atomic E-state index is 0.248. The normalized spacial score (nSPS) is 10.2. The third-order valence-corrected chi connectivity index (χ3v) is 4.05. The minimum Gasteiger partial charge on any atom is -0.205 e. The minimum atomic E-state index is -0.248. The first-order valence-corrected chi connectivity index (χ1v) is 8.08. The van der Waals surface area contributed by atoms with E-state index in [-0.39, 0.29) is 5.82 Å². The summed E-state index contributed by atoms with van der Waals surface area (Å²) in [5.74, 6) is 5.74. The summed E-state index contributed by atoms with van der Waals surface area (Å²) in [6.07, 6.45) is 3.75. The molecule has 0 aliphatic rings. The molecule has 0 radical (unpaired) electrons. The highest BCUT2D eigenvalue weighted by atomic mass is 19.1. The summed E-state index contributed by atoms with van der Waals surface area (Å²) >= 11 is 0. The SMILES string of the molecule is C=CCCc1ccc2c(F)c(C#Cc3ccc(C)cc3)ccc2c1. The molecule has 0 nitrogen and oxygen atoms in total. The second-order valence-electron chi connectivity index (χ2n) is 5.93. The molecule has 118 valence electrons. The van der Waals surface area contributed by atoms with Crippen molar-refractivity contribution in [2.24, 2.45) is 0 Å². The molecule has 0 saturated carbocycles. The van der Waals surface area contributed by atoms with Gasteiger partial charge < -0.3 is 0 Å². The molecule has 0 atom stereocenters. The highest BCUT2D eigenvalue weighted by Crippen LogP contribution is 2.23. The van der Waals surface area contributed by atoms with Crippen LogP contribution in [0.4, 0.5) is 4.39 Å². The van der Waals surface area contributed by atoms with Crippen LogP contribution in [0.1, 0.15) is 28.7 Å². The summed E-state index contributed by atoms with van der Waals surface area (Å²) in [5.41, 5.74) is 3.70. The zero-order chi connectivity index (χ0) is 16.9. The zero-order valence-electron chi connectivity index (χ0n) is 13.8. The van der Waals surface area contributed by atoms with Crippen LogP contribution in [0.25, 0.3) is 10.8 Å². The zero-order valence-corrected chi connectivity index (χ0v) is 13.8. The fourth-order valence-electron chi connectivity index (χ4n) is 2.64. The van der Waals surface area contributed by atoms with Gasteiger partial charge in [0.15, 0.2) is 0 Å². The third-order valence-electron chi connectivity index (χ3n) is 4.05. The molecule has 3 aromatic rings. The number of rotatable bonds is 3. The van der Waals surface area contributed by atoms with Crippen molar-refractivity contribution in [3.05, 3.63) is 95.3 Å². The molecule has 0 fully saturated rings. The smallest absolute Gasteiger partial charge is 0.146 e. The maximum Gasteiger partial charge on any atom is 0.146 e. The maximum atomic E-state index is 14.7. The van der Waals surface area contributed by atoms with Crippen molar-refractivity contribution in [3.63, 3.8) is 0 Å². The predicted molar refractivity (Wildman–Crippen MR) is 99.6 cm³/mol. The van der Waals surface area contributed by atoms with E-state index >= 15 is 0 Å². The standard InChI is InChI=1S/C23H19F/c1-3-4-5-19-11-15-22-21(16-19)14-13-20(23(22)24)12-10-18-8-6-17(2)7-9-18/h3,6-9,11,13-16H,1,4-5H2,2H3. The Morgan fingerprint density at radius 2 is 1.79 bits per heavy atom. The van der Waals surface area contributed by atoms with Gasteiger partial charge >= 0.3 is 0 Å². The molecule has 0 amide bonds. The Hall–Kier alpha value is -2.85. The molecule has 24 heavy (non-hydrogen) atoms. The van der Waals surface area contributed by atoms with Crippen LogP contribution in [0.2, 0.25) is 0 Å². The highest BCUT2D eigenvalue weighted by Gasteiger charge is 2.06. The lowest BCUT2D eigenvalue weighted by Gasteiger charge is -2.05. The molecule has 0 aliphatic carbocycles. The van der Waals surface area contributed by atoms with Crippen LogP contribution in [0.15, 0.2) is 67.3 Å². The maximum absolute atomic E-state index is 14.7. The Labute approximate surface area is 142 Å². The van der Waals surface area contributed by atoms with Crippen LogP contribution in [-0.4, -0.2) is 0 Å². The fraction of sp³-hybridized carbons (Fsp3) is 0.130. The van der Waals surface area contributed by atoms with E-state index in [1.807, 2.05) is 61.5 Å². The molecule has 0 heterocycles. The molecular weight excluding hydrogens is 295 g/mol. The Morgan fingerprint density at radius 1 is 1.00 bits per heavy atom. The Kier molecular flexibility index (Phi) is 4.77. The monoisotopic (exact) mass is 314 g/mol. The van der Waals surface area contributed by atoms with Gasteiger partial charge in [0.25, 0.3) is 0 Å². The van der Waals surface area contributed by atoms with Crippen LogP contribution < -0.4 is 0 Å². The van der Waals surface area contributed by atoms with Crippen molar-refractivity contribution in [1.29, 1.82) is 0 Å². The lowest BCUT2D eigenvalue weighted by molar-refractivity contribution is 0.636. The number of hydrogen-bond acceptors (Lipinski definition) is 0. The van der Waals surface area contributed by atoms with E-state index in [4.69, 9.17) is 0 Å². The molecule has 3 aromatic carbocycles. The summed E-state index contributed by atoms with van der Waals surface area (Å²) in [6, 6.07) is 17.5. The van der Waals surface area contributed by atoms with Gasteiger partial charge in [-0.1, -0.05) is 59.9 Å². The van der Waals surface area contributed by atoms with Crippen molar-refractivity contribution < 1.29 is 4.39 Å². The molecule has 0 unspecified atom stereocenters. The Bertz CT molecular complexity index is 937. The number of halogens is 1. The lowest BCUT2D eigenvalue weighted by atomic mass is 10.0. The van der Waals surface area contributed by atoms with E-state index < -0.39 is 0 Å². The van der Waals surface area contributed by atoms with Gasteiger partial charge in [-0.2, -0.15) is 0 Å². The predicted octanol–water partition coefficient (Wildman–Crippen LogP) is 5.81. The Balaban J connectivity index is 1.94. The average molecular weight is 314 g/mol. The van der Waals surface area contributed by atoms with E-state index in [2.05, 4.69) is 18.4 Å². The molecule has 0 spiro atoms. The molecule has 0 aromatic heterocycles. The van der Waals surface area contributed by atoms with Gasteiger partial charge in [0.1, 0.15) is 5.82 Å². The number of aryl methyl sites for hydroxylation is 2. The molecule has 3 rings (SSSR count). The number of allylic oxidation sites excluding steroid dienone is 1. The summed E-state index contributed by atoms with van der Waals surface area (Å²) in [4.78, 5) is 0. The average Bonchev–Trinajstić information content (AvgIpc) is 2.61. The van der Waals surface area contributed by atoms with Gasteiger partial charge in [0, 0.05) is 10.9 Å². The quantitative estimate of drug-likeness (QED) is 0.423. The van der Waals surface area contributed by atoms with Crippen LogP contribution in [0.5, 0.6) is 0 Å². The first-order chi connectivity index (χ1) is 11.7. The largest absolute Gasteiger partial charge is 0.205 e. The number of benzene rings is 3. The molecule has 0 bridgehead atoms. The molecule has 0 saturated heterocycles. The van der Waals surface area contributed by atoms with Gasteiger partial charge in [0.05, 0.1) is 5.56 Å². The Morgan fingerprint density at radius 3 is 2.54 bits per heavy atom. The first kappa shape index (κ1) is 16.0. The molecule has 0 aliphatic heterocycles. The second-order valence-corrected chi connectivity index (χ2v) is 5.93. The second kappa shape index (κ2) is 7.15. The van der Waals surface area contributed by atoms with Crippen molar-refractivity contribution in [2.45, 2.75) is 19.8 Å². The van der Waals surface area contributed by atoms with Crippen molar-refractivity contribution >= 4 is 10.8 Å². The van der Waals surface area contributed by atoms with E-state index in [9.17, 15) is 4.39 Å². The summed E-state index contributed by atoms with van der Waals surface area (Å²) in [6.45, 7) is 5.77. The summed E-state index contributed by atoms with van der Waals surface area (Å²) in [5, 5.41) is 1.53. The topological polar surface area (TPSA) is 0 Å². The molecule has 0 N–H and O–H groups in total. The summed E-state index contributed by atoms with van der Waals surface area (Å²) < 4.78 is 14.7. The van der Waals surface area contributed by atoms with Gasteiger partial charge in [-0.15, -0.1) is 6.58 Å². The van der Waals surface area contributed by atoms with E-state index in [0.717, 1.165) is 23.8 Å². The lowest BCUT2D eigenvalue weighted by Crippen LogP contribution is -1.89. The first-order valence-electron chi connectivity index (χ1n) is 8.08. The number of hydrogen-bond donors (Lipinski definition) is 0. The highest BCUT2D eigenvalue weighted by molar-refractivity contribution is 5.85. The number of fused-ring (bicyclic) bond motifs is 1. The van der Waals surface area contributed by atoms with Gasteiger partial charge in [0.2, 0.25) is 0 Å². The van der Waals surface area contributed by atoms with E-state index in [0.29, 0.717) is 10.9 Å². The van der Waals surface area contributed by atoms with Crippen LogP contribution >= 0.6 is 0 Å². The van der Waals surface area contributed by atoms with Crippen LogP contribution in [0, 0.1) is 24.6 Å². The van der Waals surface area contributed by atoms with Gasteiger partial charge in [-0.25, -0.2) is 4.39 Å². The van der Waals surface area contributed by atoms with E-state index in [1.54, 1.807) is 6.07 Å². The molecular formula is C23H19F. The third kappa shape index (κ3) is 3.55. The van der Waals surface area contributed by atoms with Gasteiger partial charge in [-0.3, -0.25) is 0 Å². The fourth-order valence-corrected chi connectivity index (χ4v) is 2.64. The summed E-state index contributed by atoms with van der Waals surface area (Å²) in [7, 11) is 0. The van der Waals surface area contributed by atoms with E-state index in [1.165, 1.54) is 11.1 Å². The van der Waals surface area contributed by atoms with Crippen molar-refractivity contribution in [1.82, 2.24) is 0 Å².